The van der Waals surface area contributed by atoms with Gasteiger partial charge in [0.05, 0.1) is 16.4 Å². The summed E-state index contributed by atoms with van der Waals surface area (Å²) in [5, 5.41) is -0.740. The van der Waals surface area contributed by atoms with E-state index >= 15 is 0 Å². The van der Waals surface area contributed by atoms with E-state index in [0.717, 1.165) is 5.56 Å². The quantitative estimate of drug-likeness (QED) is 0.495. The van der Waals surface area contributed by atoms with Crippen LogP contribution in [0.2, 0.25) is 0 Å². The maximum Gasteiger partial charge on any atom is 0.338 e. The summed E-state index contributed by atoms with van der Waals surface area (Å²) in [6, 6.07) is 26.8. The smallest absolute Gasteiger partial charge is 0.338 e. The van der Waals surface area contributed by atoms with E-state index in [0.29, 0.717) is 16.9 Å². The van der Waals surface area contributed by atoms with Crippen LogP contribution in [0, 0.1) is 0 Å². The van der Waals surface area contributed by atoms with Crippen LogP contribution < -0.4 is 0 Å². The fourth-order valence-electron chi connectivity index (χ4n) is 3.61. The molecule has 0 spiro atoms. The van der Waals surface area contributed by atoms with Crippen LogP contribution in [0.15, 0.2) is 108 Å². The fourth-order valence-corrected chi connectivity index (χ4v) is 5.21. The summed E-state index contributed by atoms with van der Waals surface area (Å²) in [5.74, 6) is -1.08. The molecular formula is C26H22O5S. The second-order valence-corrected chi connectivity index (χ2v) is 8.87. The minimum absolute atomic E-state index is 0.355. The van der Waals surface area contributed by atoms with Crippen molar-refractivity contribution in [3.05, 3.63) is 114 Å². The Morgan fingerprint density at radius 3 is 2.12 bits per heavy atom. The normalized spacial score (nSPS) is 18.2. The summed E-state index contributed by atoms with van der Waals surface area (Å²) < 4.78 is 25.3. The zero-order valence-corrected chi connectivity index (χ0v) is 18.0. The standard InChI is InChI=1S/C26H22O5S/c27-23-18-10-17-22(30-23)24(31-26(28)20-13-6-2-7-14-20)25(19-11-4-1-5-12-19)32(29)21-15-8-3-9-16-21/h1-16,18,22,24-25H,17H2. The van der Waals surface area contributed by atoms with Gasteiger partial charge in [-0.05, 0) is 29.8 Å². The van der Waals surface area contributed by atoms with Crippen LogP contribution in [0.5, 0.6) is 0 Å². The van der Waals surface area contributed by atoms with Crippen LogP contribution in [0.4, 0.5) is 0 Å². The van der Waals surface area contributed by atoms with Crippen LogP contribution in [0.1, 0.15) is 27.6 Å². The van der Waals surface area contributed by atoms with E-state index in [9.17, 15) is 13.8 Å². The molecule has 0 N–H and O–H groups in total. The molecule has 1 aliphatic rings. The van der Waals surface area contributed by atoms with Gasteiger partial charge in [-0.15, -0.1) is 0 Å². The monoisotopic (exact) mass is 446 g/mol. The molecular weight excluding hydrogens is 424 g/mol. The maximum absolute atomic E-state index is 13.8. The number of hydrogen-bond donors (Lipinski definition) is 0. The molecule has 6 heteroatoms. The molecule has 3 aromatic rings. The van der Waals surface area contributed by atoms with Gasteiger partial charge in [0.25, 0.3) is 0 Å². The molecule has 0 saturated heterocycles. The van der Waals surface area contributed by atoms with Crippen molar-refractivity contribution in [1.29, 1.82) is 0 Å². The van der Waals surface area contributed by atoms with Gasteiger partial charge in [-0.25, -0.2) is 9.59 Å². The molecule has 0 aliphatic carbocycles. The summed E-state index contributed by atoms with van der Waals surface area (Å²) in [4.78, 5) is 25.6. The number of esters is 2. The van der Waals surface area contributed by atoms with E-state index < -0.39 is 40.2 Å². The topological polar surface area (TPSA) is 69.7 Å². The third kappa shape index (κ3) is 5.03. The van der Waals surface area contributed by atoms with Crippen molar-refractivity contribution in [1.82, 2.24) is 0 Å². The lowest BCUT2D eigenvalue weighted by atomic mass is 9.99. The first kappa shape index (κ1) is 21.7. The molecule has 32 heavy (non-hydrogen) atoms. The summed E-state index contributed by atoms with van der Waals surface area (Å²) in [7, 11) is -1.58. The van der Waals surface area contributed by atoms with E-state index in [1.165, 1.54) is 6.08 Å². The predicted molar refractivity (Wildman–Crippen MR) is 121 cm³/mol. The highest BCUT2D eigenvalue weighted by Crippen LogP contribution is 2.35. The Morgan fingerprint density at radius 1 is 0.906 bits per heavy atom. The minimum Gasteiger partial charge on any atom is -0.455 e. The van der Waals surface area contributed by atoms with Crippen LogP contribution in [-0.4, -0.2) is 28.4 Å². The van der Waals surface area contributed by atoms with E-state index in [1.807, 2.05) is 48.5 Å². The van der Waals surface area contributed by atoms with Crippen molar-refractivity contribution in [3.63, 3.8) is 0 Å². The molecule has 0 aromatic heterocycles. The lowest BCUT2D eigenvalue weighted by Gasteiger charge is -2.33. The first-order chi connectivity index (χ1) is 15.6. The molecule has 0 amide bonds. The molecule has 0 saturated carbocycles. The Kier molecular flexibility index (Phi) is 6.92. The second-order valence-electron chi connectivity index (χ2n) is 7.29. The summed E-state index contributed by atoms with van der Waals surface area (Å²) in [6.45, 7) is 0. The van der Waals surface area contributed by atoms with Gasteiger partial charge in [0, 0.05) is 17.4 Å². The van der Waals surface area contributed by atoms with Crippen molar-refractivity contribution in [2.24, 2.45) is 0 Å². The average molecular weight is 447 g/mol. The second kappa shape index (κ2) is 10.2. The van der Waals surface area contributed by atoms with E-state index in [1.54, 1.807) is 48.5 Å². The van der Waals surface area contributed by atoms with Crippen molar-refractivity contribution in [2.75, 3.05) is 0 Å². The minimum atomic E-state index is -1.58. The van der Waals surface area contributed by atoms with Gasteiger partial charge in [0.15, 0.2) is 6.10 Å². The predicted octanol–water partition coefficient (Wildman–Crippen LogP) is 4.63. The van der Waals surface area contributed by atoms with Gasteiger partial charge < -0.3 is 9.47 Å². The Morgan fingerprint density at radius 2 is 1.50 bits per heavy atom. The first-order valence-electron chi connectivity index (χ1n) is 10.3. The van der Waals surface area contributed by atoms with Gasteiger partial charge >= 0.3 is 11.9 Å². The lowest BCUT2D eigenvalue weighted by Crippen LogP contribution is -2.42. The van der Waals surface area contributed by atoms with Crippen LogP contribution in [-0.2, 0) is 25.1 Å². The zero-order valence-electron chi connectivity index (χ0n) is 17.2. The highest BCUT2D eigenvalue weighted by atomic mass is 32.2. The number of benzene rings is 3. The summed E-state index contributed by atoms with van der Waals surface area (Å²) in [5.41, 5.74) is 1.10. The third-order valence-corrected chi connectivity index (χ3v) is 6.88. The van der Waals surface area contributed by atoms with Crippen LogP contribution >= 0.6 is 0 Å². The molecule has 4 rings (SSSR count). The largest absolute Gasteiger partial charge is 0.455 e. The molecule has 0 radical (unpaired) electrons. The molecule has 5 nitrogen and oxygen atoms in total. The number of hydrogen-bond acceptors (Lipinski definition) is 5. The number of cyclic esters (lactones) is 1. The highest BCUT2D eigenvalue weighted by Gasteiger charge is 2.40. The van der Waals surface area contributed by atoms with Gasteiger partial charge in [0.2, 0.25) is 0 Å². The van der Waals surface area contributed by atoms with Crippen molar-refractivity contribution in [2.45, 2.75) is 28.8 Å². The Balaban J connectivity index is 1.77. The van der Waals surface area contributed by atoms with Gasteiger partial charge in [-0.1, -0.05) is 72.8 Å². The van der Waals surface area contributed by atoms with Gasteiger partial charge in [-0.3, -0.25) is 4.21 Å². The number of ether oxygens (including phenoxy) is 2. The Hall–Kier alpha value is -3.51. The zero-order chi connectivity index (χ0) is 22.3. The molecule has 162 valence electrons. The van der Waals surface area contributed by atoms with Crippen molar-refractivity contribution >= 4 is 22.7 Å². The summed E-state index contributed by atoms with van der Waals surface area (Å²) in [6.07, 6.45) is 1.66. The number of carbonyl (C=O) groups excluding carboxylic acids is 2. The van der Waals surface area contributed by atoms with E-state index in [-0.39, 0.29) is 0 Å². The van der Waals surface area contributed by atoms with Crippen LogP contribution in [0.3, 0.4) is 0 Å². The molecule has 1 heterocycles. The highest BCUT2D eigenvalue weighted by molar-refractivity contribution is 7.85. The lowest BCUT2D eigenvalue weighted by molar-refractivity contribution is -0.150. The third-order valence-electron chi connectivity index (χ3n) is 5.14. The molecule has 0 fully saturated rings. The summed E-state index contributed by atoms with van der Waals surface area (Å²) >= 11 is 0. The number of rotatable bonds is 7. The van der Waals surface area contributed by atoms with Gasteiger partial charge in [0.1, 0.15) is 11.4 Å². The first-order valence-corrected chi connectivity index (χ1v) is 11.5. The molecule has 0 bridgehead atoms. The van der Waals surface area contributed by atoms with Gasteiger partial charge in [-0.2, -0.15) is 0 Å². The molecule has 1 aliphatic heterocycles. The molecule has 4 atom stereocenters. The number of carbonyl (C=O) groups is 2. The fraction of sp³-hybridized carbons (Fsp3) is 0.154. The van der Waals surface area contributed by atoms with E-state index in [2.05, 4.69) is 0 Å². The maximum atomic E-state index is 13.8. The molecule has 4 unspecified atom stereocenters. The average Bonchev–Trinajstić information content (AvgIpc) is 2.85. The molecule has 3 aromatic carbocycles. The van der Waals surface area contributed by atoms with Crippen molar-refractivity contribution in [3.8, 4) is 0 Å². The Bertz CT molecular complexity index is 1110. The van der Waals surface area contributed by atoms with E-state index in [4.69, 9.17) is 9.47 Å². The van der Waals surface area contributed by atoms with Crippen molar-refractivity contribution < 1.29 is 23.3 Å². The van der Waals surface area contributed by atoms with Crippen LogP contribution in [0.25, 0.3) is 0 Å². The SMILES string of the molecule is O=C1C=CCC(C(OC(=O)c2ccccc2)C(c2ccccc2)S(=O)c2ccccc2)O1. The Labute approximate surface area is 189 Å².